The molecule has 0 radical (unpaired) electrons. The van der Waals surface area contributed by atoms with Crippen molar-refractivity contribution in [2.75, 3.05) is 0 Å². The zero-order valence-electron chi connectivity index (χ0n) is 12.1. The third kappa shape index (κ3) is 3.23. The predicted octanol–water partition coefficient (Wildman–Crippen LogP) is 2.26. The second-order valence-electron chi connectivity index (χ2n) is 4.94. The summed E-state index contributed by atoms with van der Waals surface area (Å²) in [7, 11) is 1.86. The van der Waals surface area contributed by atoms with Gasteiger partial charge in [0, 0.05) is 12.6 Å². The molecule has 0 bridgehead atoms. The standard InChI is InChI=1S/C15H20N4O/c1-4-5-12-6-8-13(9-7-12)15(20)17-11(2)14-18-16-10-19(14)3/h6-11H,4-5H2,1-3H3,(H,17,20). The van der Waals surface area contributed by atoms with Gasteiger partial charge in [0.1, 0.15) is 6.33 Å². The molecule has 1 aromatic carbocycles. The van der Waals surface area contributed by atoms with E-state index in [4.69, 9.17) is 0 Å². The average Bonchev–Trinajstić information content (AvgIpc) is 2.86. The van der Waals surface area contributed by atoms with E-state index in [1.54, 1.807) is 10.9 Å². The van der Waals surface area contributed by atoms with Crippen LogP contribution in [0.1, 0.15) is 48.1 Å². The number of hydrogen-bond acceptors (Lipinski definition) is 3. The lowest BCUT2D eigenvalue weighted by molar-refractivity contribution is 0.0938. The minimum atomic E-state index is -0.176. The van der Waals surface area contributed by atoms with Crippen molar-refractivity contribution in [1.82, 2.24) is 20.1 Å². The number of benzene rings is 1. The lowest BCUT2D eigenvalue weighted by Gasteiger charge is -2.13. The summed E-state index contributed by atoms with van der Waals surface area (Å²) in [5.74, 6) is 0.643. The fourth-order valence-corrected chi connectivity index (χ4v) is 2.14. The molecule has 0 aliphatic rings. The van der Waals surface area contributed by atoms with Gasteiger partial charge in [0.15, 0.2) is 5.82 Å². The summed E-state index contributed by atoms with van der Waals surface area (Å²) in [6.45, 7) is 4.04. The van der Waals surface area contributed by atoms with E-state index in [0.717, 1.165) is 18.7 Å². The van der Waals surface area contributed by atoms with Crippen LogP contribution in [0.25, 0.3) is 0 Å². The number of nitrogens with zero attached hydrogens (tertiary/aromatic N) is 3. The molecule has 1 atom stereocenters. The van der Waals surface area contributed by atoms with Gasteiger partial charge in [-0.1, -0.05) is 25.5 Å². The Bertz CT molecular complexity index is 574. The number of carbonyl (C=O) groups excluding carboxylic acids is 1. The number of aryl methyl sites for hydroxylation is 2. The molecule has 1 amide bonds. The van der Waals surface area contributed by atoms with Crippen LogP contribution in [0, 0.1) is 0 Å². The molecular formula is C15H20N4O. The van der Waals surface area contributed by atoms with Crippen LogP contribution < -0.4 is 5.32 Å². The van der Waals surface area contributed by atoms with Crippen LogP contribution in [0.2, 0.25) is 0 Å². The van der Waals surface area contributed by atoms with Crippen molar-refractivity contribution < 1.29 is 4.79 Å². The highest BCUT2D eigenvalue weighted by Gasteiger charge is 2.15. The van der Waals surface area contributed by atoms with Gasteiger partial charge in [0.25, 0.3) is 5.91 Å². The first kappa shape index (κ1) is 14.2. The van der Waals surface area contributed by atoms with Crippen molar-refractivity contribution in [3.63, 3.8) is 0 Å². The summed E-state index contributed by atoms with van der Waals surface area (Å²) in [6, 6.07) is 7.56. The van der Waals surface area contributed by atoms with E-state index in [9.17, 15) is 4.79 Å². The van der Waals surface area contributed by atoms with Crippen molar-refractivity contribution in [2.24, 2.45) is 7.05 Å². The van der Waals surface area contributed by atoms with Gasteiger partial charge in [-0.15, -0.1) is 10.2 Å². The molecule has 1 N–H and O–H groups in total. The Morgan fingerprint density at radius 1 is 1.35 bits per heavy atom. The van der Waals surface area contributed by atoms with E-state index in [-0.39, 0.29) is 11.9 Å². The summed E-state index contributed by atoms with van der Waals surface area (Å²) >= 11 is 0. The summed E-state index contributed by atoms with van der Waals surface area (Å²) < 4.78 is 1.80. The molecule has 20 heavy (non-hydrogen) atoms. The van der Waals surface area contributed by atoms with E-state index in [1.807, 2.05) is 38.2 Å². The average molecular weight is 272 g/mol. The lowest BCUT2D eigenvalue weighted by atomic mass is 10.1. The lowest BCUT2D eigenvalue weighted by Crippen LogP contribution is -2.28. The highest BCUT2D eigenvalue weighted by atomic mass is 16.1. The van der Waals surface area contributed by atoms with Gasteiger partial charge < -0.3 is 9.88 Å². The second-order valence-corrected chi connectivity index (χ2v) is 4.94. The number of hydrogen-bond donors (Lipinski definition) is 1. The fraction of sp³-hybridized carbons (Fsp3) is 0.400. The highest BCUT2D eigenvalue weighted by Crippen LogP contribution is 2.11. The first-order valence-electron chi connectivity index (χ1n) is 6.85. The molecule has 0 spiro atoms. The molecule has 0 aliphatic carbocycles. The molecule has 5 heteroatoms. The molecule has 106 valence electrons. The van der Waals surface area contributed by atoms with Gasteiger partial charge in [-0.2, -0.15) is 0 Å². The van der Waals surface area contributed by atoms with Crippen LogP contribution in [0.15, 0.2) is 30.6 Å². The van der Waals surface area contributed by atoms with Crippen LogP contribution >= 0.6 is 0 Å². The molecule has 1 aromatic heterocycles. The van der Waals surface area contributed by atoms with Crippen LogP contribution in [0.3, 0.4) is 0 Å². The number of aromatic nitrogens is 3. The Kier molecular flexibility index (Phi) is 4.50. The first-order chi connectivity index (χ1) is 9.61. The Morgan fingerprint density at radius 3 is 2.60 bits per heavy atom. The van der Waals surface area contributed by atoms with Gasteiger partial charge >= 0.3 is 0 Å². The van der Waals surface area contributed by atoms with E-state index in [0.29, 0.717) is 5.56 Å². The van der Waals surface area contributed by atoms with E-state index in [1.165, 1.54) is 5.56 Å². The number of carbonyl (C=O) groups is 1. The largest absolute Gasteiger partial charge is 0.342 e. The van der Waals surface area contributed by atoms with E-state index in [2.05, 4.69) is 22.4 Å². The molecule has 0 saturated carbocycles. The smallest absolute Gasteiger partial charge is 0.251 e. The van der Waals surface area contributed by atoms with E-state index < -0.39 is 0 Å². The van der Waals surface area contributed by atoms with Crippen LogP contribution in [-0.4, -0.2) is 20.7 Å². The monoisotopic (exact) mass is 272 g/mol. The summed E-state index contributed by atoms with van der Waals surface area (Å²) in [6.07, 6.45) is 3.77. The number of nitrogens with one attached hydrogen (secondary N) is 1. The van der Waals surface area contributed by atoms with Crippen molar-refractivity contribution in [3.05, 3.63) is 47.5 Å². The molecule has 1 unspecified atom stereocenters. The molecule has 0 aliphatic heterocycles. The maximum atomic E-state index is 12.2. The number of rotatable bonds is 5. The van der Waals surface area contributed by atoms with Gasteiger partial charge in [-0.25, -0.2) is 0 Å². The third-order valence-electron chi connectivity index (χ3n) is 3.24. The molecule has 2 rings (SSSR count). The maximum Gasteiger partial charge on any atom is 0.251 e. The van der Waals surface area contributed by atoms with E-state index >= 15 is 0 Å². The van der Waals surface area contributed by atoms with Gasteiger partial charge in [0.05, 0.1) is 6.04 Å². The molecule has 5 nitrogen and oxygen atoms in total. The molecule has 1 heterocycles. The molecule has 0 fully saturated rings. The second kappa shape index (κ2) is 6.32. The summed E-state index contributed by atoms with van der Waals surface area (Å²) in [5, 5.41) is 10.7. The topological polar surface area (TPSA) is 59.8 Å². The summed E-state index contributed by atoms with van der Waals surface area (Å²) in [4.78, 5) is 12.2. The predicted molar refractivity (Wildman–Crippen MR) is 77.3 cm³/mol. The minimum Gasteiger partial charge on any atom is -0.342 e. The zero-order chi connectivity index (χ0) is 14.5. The normalized spacial score (nSPS) is 12.2. The molecular weight excluding hydrogens is 252 g/mol. The Balaban J connectivity index is 2.03. The van der Waals surface area contributed by atoms with Crippen molar-refractivity contribution >= 4 is 5.91 Å². The van der Waals surface area contributed by atoms with Gasteiger partial charge in [-0.3, -0.25) is 4.79 Å². The van der Waals surface area contributed by atoms with Crippen molar-refractivity contribution in [1.29, 1.82) is 0 Å². The Labute approximate surface area is 119 Å². The van der Waals surface area contributed by atoms with Crippen molar-refractivity contribution in [3.8, 4) is 0 Å². The van der Waals surface area contributed by atoms with Crippen LogP contribution in [-0.2, 0) is 13.5 Å². The molecule has 2 aromatic rings. The highest BCUT2D eigenvalue weighted by molar-refractivity contribution is 5.94. The van der Waals surface area contributed by atoms with Crippen molar-refractivity contribution in [2.45, 2.75) is 32.7 Å². The quantitative estimate of drug-likeness (QED) is 0.908. The Morgan fingerprint density at radius 2 is 2.05 bits per heavy atom. The van der Waals surface area contributed by atoms with Gasteiger partial charge in [0.2, 0.25) is 0 Å². The minimum absolute atomic E-state index is 0.0939. The summed E-state index contributed by atoms with van der Waals surface area (Å²) in [5.41, 5.74) is 1.92. The first-order valence-corrected chi connectivity index (χ1v) is 6.85. The van der Waals surface area contributed by atoms with Crippen LogP contribution in [0.4, 0.5) is 0 Å². The van der Waals surface area contributed by atoms with Crippen LogP contribution in [0.5, 0.6) is 0 Å². The SMILES string of the molecule is CCCc1ccc(C(=O)NC(C)c2nncn2C)cc1. The molecule has 0 saturated heterocycles. The fourth-order valence-electron chi connectivity index (χ4n) is 2.14. The Hall–Kier alpha value is -2.17. The zero-order valence-corrected chi connectivity index (χ0v) is 12.1. The number of amides is 1. The third-order valence-corrected chi connectivity index (χ3v) is 3.24. The maximum absolute atomic E-state index is 12.2. The van der Waals surface area contributed by atoms with Gasteiger partial charge in [-0.05, 0) is 31.0 Å².